The maximum atomic E-state index is 11.9. The molecule has 0 aromatic heterocycles. The highest BCUT2D eigenvalue weighted by molar-refractivity contribution is 9.10. The van der Waals surface area contributed by atoms with Gasteiger partial charge in [-0.25, -0.2) is 13.2 Å². The number of rotatable bonds is 5. The molecule has 10 heteroatoms. The van der Waals surface area contributed by atoms with Crippen LogP contribution in [0.15, 0.2) is 27.6 Å². The molecule has 0 fully saturated rings. The highest BCUT2D eigenvalue weighted by atomic mass is 79.9. The Kier molecular flexibility index (Phi) is 5.16. The predicted octanol–water partition coefficient (Wildman–Crippen LogP) is 2.46. The number of sulfone groups is 1. The first kappa shape index (κ1) is 16.9. The average Bonchev–Trinajstić information content (AvgIpc) is 2.26. The lowest BCUT2D eigenvalue weighted by molar-refractivity contribution is -0.169. The van der Waals surface area contributed by atoms with Crippen molar-refractivity contribution < 1.29 is 36.2 Å². The topological polar surface area (TPSA) is 80.7 Å². The molecule has 0 heterocycles. The molecule has 0 unspecified atom stereocenters. The van der Waals surface area contributed by atoms with Crippen LogP contribution in [0, 0.1) is 0 Å². The van der Waals surface area contributed by atoms with Crippen LogP contribution in [-0.2, 0) is 14.6 Å². The smallest absolute Gasteiger partial charge is 0.411 e. The van der Waals surface area contributed by atoms with Gasteiger partial charge in [0.25, 0.3) is 0 Å². The average molecular weight is 377 g/mol. The van der Waals surface area contributed by atoms with E-state index in [2.05, 4.69) is 20.7 Å². The van der Waals surface area contributed by atoms with Crippen molar-refractivity contribution in [2.24, 2.45) is 0 Å². The quantitative estimate of drug-likeness (QED) is 0.853. The third kappa shape index (κ3) is 4.76. The van der Waals surface area contributed by atoms with E-state index < -0.39 is 45.0 Å². The van der Waals surface area contributed by atoms with Crippen LogP contribution in [0.4, 0.5) is 13.2 Å². The van der Waals surface area contributed by atoms with Crippen molar-refractivity contribution in [3.05, 3.63) is 28.2 Å². The van der Waals surface area contributed by atoms with Gasteiger partial charge < -0.3 is 9.84 Å². The zero-order valence-electron chi connectivity index (χ0n) is 9.65. The molecule has 1 aromatic carbocycles. The number of ether oxygens (including phenoxy) is 1. The van der Waals surface area contributed by atoms with Gasteiger partial charge in [-0.3, -0.25) is 0 Å². The lowest BCUT2D eigenvalue weighted by Gasteiger charge is -2.10. The van der Waals surface area contributed by atoms with Crippen LogP contribution in [0.1, 0.15) is 10.4 Å². The predicted molar refractivity (Wildman–Crippen MR) is 65.2 cm³/mol. The van der Waals surface area contributed by atoms with Crippen molar-refractivity contribution in [2.75, 3.05) is 12.5 Å². The summed E-state index contributed by atoms with van der Waals surface area (Å²) in [5, 5.41) is 8.87. The molecule has 0 spiro atoms. The summed E-state index contributed by atoms with van der Waals surface area (Å²) in [6.45, 7) is -1.73. The van der Waals surface area contributed by atoms with Gasteiger partial charge in [0.05, 0.1) is 10.5 Å². The monoisotopic (exact) mass is 376 g/mol. The molecule has 5 nitrogen and oxygen atoms in total. The Hall–Kier alpha value is -1.13. The van der Waals surface area contributed by atoms with Crippen LogP contribution >= 0.6 is 15.9 Å². The van der Waals surface area contributed by atoms with Gasteiger partial charge in [-0.15, -0.1) is 0 Å². The van der Waals surface area contributed by atoms with E-state index in [9.17, 15) is 26.4 Å². The molecule has 0 aliphatic carbocycles. The van der Waals surface area contributed by atoms with Gasteiger partial charge in [0.15, 0.2) is 5.94 Å². The van der Waals surface area contributed by atoms with E-state index >= 15 is 0 Å². The highest BCUT2D eigenvalue weighted by Crippen LogP contribution is 2.23. The Morgan fingerprint density at radius 2 is 1.95 bits per heavy atom. The van der Waals surface area contributed by atoms with Gasteiger partial charge in [-0.2, -0.15) is 13.2 Å². The molecule has 1 rings (SSSR count). The molecular weight excluding hydrogens is 369 g/mol. The maximum absolute atomic E-state index is 11.9. The van der Waals surface area contributed by atoms with E-state index in [4.69, 9.17) is 5.11 Å². The maximum Gasteiger partial charge on any atom is 0.411 e. The summed E-state index contributed by atoms with van der Waals surface area (Å²) in [6, 6.07) is 3.33. The fraction of sp³-hybridized carbons (Fsp3) is 0.300. The lowest BCUT2D eigenvalue weighted by atomic mass is 10.2. The second-order valence-corrected chi connectivity index (χ2v) is 6.46. The molecule has 20 heavy (non-hydrogen) atoms. The van der Waals surface area contributed by atoms with Gasteiger partial charge in [-0.1, -0.05) is 15.9 Å². The Labute approximate surface area is 120 Å². The highest BCUT2D eigenvalue weighted by Gasteiger charge is 2.30. The summed E-state index contributed by atoms with van der Waals surface area (Å²) in [6.07, 6.45) is -4.66. The Morgan fingerprint density at radius 1 is 1.35 bits per heavy atom. The third-order valence-corrected chi connectivity index (χ3v) is 3.99. The van der Waals surface area contributed by atoms with Crippen molar-refractivity contribution >= 4 is 31.7 Å². The molecule has 0 atom stereocenters. The number of hydrogen-bond acceptors (Lipinski definition) is 4. The SMILES string of the molecule is O=C(O)c1ccc(Br)cc1S(=O)(=O)COCC(F)(F)F. The van der Waals surface area contributed by atoms with Gasteiger partial charge in [0.1, 0.15) is 6.61 Å². The van der Waals surface area contributed by atoms with Crippen LogP contribution in [0.25, 0.3) is 0 Å². The summed E-state index contributed by atoms with van der Waals surface area (Å²) in [5.41, 5.74) is -0.538. The minimum Gasteiger partial charge on any atom is -0.478 e. The third-order valence-electron chi connectivity index (χ3n) is 2.01. The number of carboxylic acids is 1. The minimum absolute atomic E-state index is 0.275. The van der Waals surface area contributed by atoms with Crippen molar-refractivity contribution in [3.8, 4) is 0 Å². The molecule has 0 amide bonds. The van der Waals surface area contributed by atoms with Crippen molar-refractivity contribution in [1.29, 1.82) is 0 Å². The summed E-state index contributed by atoms with van der Waals surface area (Å²) in [7, 11) is -4.31. The standard InChI is InChI=1S/C10H8BrF3O5S/c11-6-1-2-7(9(15)16)8(3-6)20(17,18)5-19-4-10(12,13)14/h1-3H,4-5H2,(H,15,16). The molecular formula is C10H8BrF3O5S. The van der Waals surface area contributed by atoms with Crippen LogP contribution in [0.2, 0.25) is 0 Å². The normalized spacial score (nSPS) is 12.4. The Balaban J connectivity index is 3.03. The largest absolute Gasteiger partial charge is 0.478 e. The number of carboxylic acid groups (broad SMARTS) is 1. The van der Waals surface area contributed by atoms with Crippen molar-refractivity contribution in [1.82, 2.24) is 0 Å². The fourth-order valence-electron chi connectivity index (χ4n) is 1.26. The Bertz CT molecular complexity index is 612. The number of carbonyl (C=O) groups is 1. The number of hydrogen-bond donors (Lipinski definition) is 1. The molecule has 0 saturated carbocycles. The summed E-state index contributed by atoms with van der Waals surface area (Å²) in [4.78, 5) is 10.3. The second-order valence-electron chi connectivity index (χ2n) is 3.64. The van der Waals surface area contributed by atoms with E-state index in [0.717, 1.165) is 12.1 Å². The first-order chi connectivity index (χ1) is 9.03. The van der Waals surface area contributed by atoms with Gasteiger partial charge in [0.2, 0.25) is 9.84 Å². The summed E-state index contributed by atoms with van der Waals surface area (Å²) in [5.74, 6) is -2.77. The molecule has 1 aromatic rings. The lowest BCUT2D eigenvalue weighted by Crippen LogP contribution is -2.21. The zero-order valence-corrected chi connectivity index (χ0v) is 12.0. The van der Waals surface area contributed by atoms with Crippen molar-refractivity contribution in [3.63, 3.8) is 0 Å². The van der Waals surface area contributed by atoms with Crippen LogP contribution in [-0.4, -0.2) is 38.2 Å². The fourth-order valence-corrected chi connectivity index (χ4v) is 3.00. The van der Waals surface area contributed by atoms with E-state index in [0.29, 0.717) is 0 Å². The minimum atomic E-state index is -4.66. The molecule has 0 bridgehead atoms. The Morgan fingerprint density at radius 3 is 2.45 bits per heavy atom. The van der Waals surface area contributed by atoms with E-state index in [1.807, 2.05) is 0 Å². The van der Waals surface area contributed by atoms with Crippen LogP contribution in [0.3, 0.4) is 0 Å². The second kappa shape index (κ2) is 6.10. The number of alkyl halides is 3. The first-order valence-electron chi connectivity index (χ1n) is 4.93. The molecule has 1 N–H and O–H groups in total. The first-order valence-corrected chi connectivity index (χ1v) is 7.37. The van der Waals surface area contributed by atoms with Gasteiger partial charge >= 0.3 is 12.1 Å². The summed E-state index contributed by atoms with van der Waals surface area (Å²) < 4.78 is 63.6. The van der Waals surface area contributed by atoms with Crippen molar-refractivity contribution in [2.45, 2.75) is 11.1 Å². The zero-order chi connectivity index (χ0) is 15.6. The van der Waals surface area contributed by atoms with E-state index in [1.165, 1.54) is 6.07 Å². The molecule has 0 aliphatic rings. The number of halogens is 4. The van der Waals surface area contributed by atoms with E-state index in [-0.39, 0.29) is 4.47 Å². The summed E-state index contributed by atoms with van der Waals surface area (Å²) >= 11 is 2.96. The number of benzene rings is 1. The van der Waals surface area contributed by atoms with Crippen LogP contribution in [0.5, 0.6) is 0 Å². The molecule has 0 radical (unpaired) electrons. The number of aromatic carboxylic acids is 1. The van der Waals surface area contributed by atoms with Gasteiger partial charge in [-0.05, 0) is 18.2 Å². The molecule has 112 valence electrons. The molecule has 0 saturated heterocycles. The molecule has 0 aliphatic heterocycles. The van der Waals surface area contributed by atoms with Gasteiger partial charge in [0, 0.05) is 4.47 Å². The van der Waals surface area contributed by atoms with E-state index in [1.54, 1.807) is 0 Å². The van der Waals surface area contributed by atoms with Crippen LogP contribution < -0.4 is 0 Å².